The monoisotopic (exact) mass is 327 g/mol. The Kier molecular flexibility index (Phi) is 3.86. The Hall–Kier alpha value is -1.84. The maximum atomic E-state index is 13.2. The highest BCUT2D eigenvalue weighted by atomic mass is 16.4. The zero-order valence-electron chi connectivity index (χ0n) is 13.9. The molecule has 0 spiro atoms. The molecule has 3 aliphatic carbocycles. The molecule has 0 aromatic heterocycles. The average Bonchev–Trinajstić information content (AvgIpc) is 3.12. The van der Waals surface area contributed by atoms with E-state index >= 15 is 0 Å². The first-order chi connectivity index (χ1) is 11.6. The minimum atomic E-state index is -0.737. The summed E-state index contributed by atoms with van der Waals surface area (Å²) in [6, 6.07) is 10.4. The fourth-order valence-electron chi connectivity index (χ4n) is 5.25. The minimum absolute atomic E-state index is 0.0466. The lowest BCUT2D eigenvalue weighted by molar-refractivity contribution is -0.147. The Labute approximate surface area is 142 Å². The smallest absolute Gasteiger partial charge is 0.306 e. The van der Waals surface area contributed by atoms with Gasteiger partial charge in [-0.1, -0.05) is 36.8 Å². The summed E-state index contributed by atoms with van der Waals surface area (Å²) in [4.78, 5) is 24.1. The number of amides is 1. The van der Waals surface area contributed by atoms with Crippen molar-refractivity contribution in [1.29, 1.82) is 0 Å². The number of nitrogens with one attached hydrogen (secondary N) is 1. The third-order valence-corrected chi connectivity index (χ3v) is 6.61. The van der Waals surface area contributed by atoms with E-state index in [1.54, 1.807) is 0 Å². The lowest BCUT2D eigenvalue weighted by Crippen LogP contribution is -2.53. The molecule has 3 saturated carbocycles. The summed E-state index contributed by atoms with van der Waals surface area (Å²) in [6.45, 7) is 0. The molecule has 0 aliphatic heterocycles. The van der Waals surface area contributed by atoms with Crippen LogP contribution in [0.3, 0.4) is 0 Å². The number of hydrogen-bond donors (Lipinski definition) is 2. The molecule has 0 saturated heterocycles. The first-order valence-corrected chi connectivity index (χ1v) is 9.14. The van der Waals surface area contributed by atoms with E-state index in [-0.39, 0.29) is 23.3 Å². The van der Waals surface area contributed by atoms with Crippen molar-refractivity contribution < 1.29 is 14.7 Å². The standard InChI is InChI=1S/C20H25NO3/c22-18(23)15-9-17(10-15)21-19(24)20(11-13-4-2-1-3-5-13)12-14-6-7-16(20)8-14/h1-5,14-17H,6-12H2,(H,21,24)(H,22,23). The van der Waals surface area contributed by atoms with Gasteiger partial charge in [-0.25, -0.2) is 0 Å². The first-order valence-electron chi connectivity index (χ1n) is 9.14. The maximum absolute atomic E-state index is 13.2. The summed E-state index contributed by atoms with van der Waals surface area (Å²) in [6.07, 6.45) is 6.57. The molecule has 1 aromatic carbocycles. The largest absolute Gasteiger partial charge is 0.481 e. The van der Waals surface area contributed by atoms with Crippen molar-refractivity contribution >= 4 is 11.9 Å². The Morgan fingerprint density at radius 1 is 1.12 bits per heavy atom. The fraction of sp³-hybridized carbons (Fsp3) is 0.600. The summed E-state index contributed by atoms with van der Waals surface area (Å²) in [5.74, 6) is 0.336. The van der Waals surface area contributed by atoms with Gasteiger partial charge >= 0.3 is 5.97 Å². The van der Waals surface area contributed by atoms with E-state index in [0.29, 0.717) is 24.7 Å². The summed E-state index contributed by atoms with van der Waals surface area (Å²) < 4.78 is 0. The van der Waals surface area contributed by atoms with E-state index in [9.17, 15) is 9.59 Å². The van der Waals surface area contributed by atoms with Crippen molar-refractivity contribution in [3.63, 3.8) is 0 Å². The molecule has 3 unspecified atom stereocenters. The second-order valence-electron chi connectivity index (χ2n) is 8.08. The molecule has 24 heavy (non-hydrogen) atoms. The minimum Gasteiger partial charge on any atom is -0.481 e. The van der Waals surface area contributed by atoms with Crippen LogP contribution in [0.1, 0.15) is 44.1 Å². The fourth-order valence-corrected chi connectivity index (χ4v) is 5.25. The highest BCUT2D eigenvalue weighted by molar-refractivity contribution is 5.84. The zero-order valence-corrected chi connectivity index (χ0v) is 13.9. The van der Waals surface area contributed by atoms with Gasteiger partial charge in [-0.15, -0.1) is 0 Å². The Morgan fingerprint density at radius 3 is 2.46 bits per heavy atom. The molecule has 1 aromatic rings. The maximum Gasteiger partial charge on any atom is 0.306 e. The van der Waals surface area contributed by atoms with E-state index in [4.69, 9.17) is 5.11 Å². The molecule has 2 N–H and O–H groups in total. The SMILES string of the molecule is O=C(O)C1CC(NC(=O)C2(Cc3ccccc3)CC3CCC2C3)C1. The van der Waals surface area contributed by atoms with E-state index < -0.39 is 5.97 Å². The van der Waals surface area contributed by atoms with E-state index in [0.717, 1.165) is 19.3 Å². The molecule has 4 heteroatoms. The number of aliphatic carboxylic acids is 1. The van der Waals surface area contributed by atoms with Crippen molar-refractivity contribution in [2.75, 3.05) is 0 Å². The normalized spacial score (nSPS) is 37.0. The van der Waals surface area contributed by atoms with Crippen LogP contribution < -0.4 is 5.32 Å². The van der Waals surface area contributed by atoms with Crippen LogP contribution in [0.15, 0.2) is 30.3 Å². The molecule has 3 fully saturated rings. The van der Waals surface area contributed by atoms with Crippen LogP contribution in [-0.4, -0.2) is 23.0 Å². The van der Waals surface area contributed by atoms with Crippen LogP contribution in [0.2, 0.25) is 0 Å². The lowest BCUT2D eigenvalue weighted by Gasteiger charge is -2.40. The van der Waals surface area contributed by atoms with Gasteiger partial charge in [-0.2, -0.15) is 0 Å². The number of carboxylic acid groups (broad SMARTS) is 1. The van der Waals surface area contributed by atoms with Gasteiger partial charge in [0.1, 0.15) is 0 Å². The van der Waals surface area contributed by atoms with Gasteiger partial charge in [0, 0.05) is 6.04 Å². The summed E-state index contributed by atoms with van der Waals surface area (Å²) >= 11 is 0. The summed E-state index contributed by atoms with van der Waals surface area (Å²) in [5, 5.41) is 12.2. The third-order valence-electron chi connectivity index (χ3n) is 6.61. The van der Waals surface area contributed by atoms with Gasteiger partial charge in [0.25, 0.3) is 0 Å². The number of carbonyl (C=O) groups excluding carboxylic acids is 1. The van der Waals surface area contributed by atoms with Crippen LogP contribution in [-0.2, 0) is 16.0 Å². The van der Waals surface area contributed by atoms with Gasteiger partial charge in [0.05, 0.1) is 11.3 Å². The number of benzene rings is 1. The second kappa shape index (κ2) is 5.91. The van der Waals surface area contributed by atoms with E-state index in [1.807, 2.05) is 18.2 Å². The number of hydrogen-bond acceptors (Lipinski definition) is 2. The molecule has 3 atom stereocenters. The Balaban J connectivity index is 1.49. The molecule has 3 aliphatic rings. The number of fused-ring (bicyclic) bond motifs is 2. The Bertz CT molecular complexity index is 638. The van der Waals surface area contributed by atoms with Crippen molar-refractivity contribution in [2.24, 2.45) is 23.2 Å². The van der Waals surface area contributed by atoms with Gasteiger partial charge < -0.3 is 10.4 Å². The van der Waals surface area contributed by atoms with Gasteiger partial charge in [0.15, 0.2) is 0 Å². The molecule has 4 nitrogen and oxygen atoms in total. The highest BCUT2D eigenvalue weighted by Crippen LogP contribution is 2.57. The third kappa shape index (κ3) is 2.62. The molecule has 128 valence electrons. The molecule has 2 bridgehead atoms. The average molecular weight is 327 g/mol. The highest BCUT2D eigenvalue weighted by Gasteiger charge is 2.55. The quantitative estimate of drug-likeness (QED) is 0.873. The second-order valence-corrected chi connectivity index (χ2v) is 8.08. The molecular weight excluding hydrogens is 302 g/mol. The molecule has 0 radical (unpaired) electrons. The van der Waals surface area contributed by atoms with E-state index in [1.165, 1.54) is 18.4 Å². The van der Waals surface area contributed by atoms with E-state index in [2.05, 4.69) is 17.4 Å². The van der Waals surface area contributed by atoms with Crippen molar-refractivity contribution in [3.05, 3.63) is 35.9 Å². The molecule has 4 rings (SSSR count). The van der Waals surface area contributed by atoms with Crippen LogP contribution >= 0.6 is 0 Å². The number of carboxylic acids is 1. The van der Waals surface area contributed by atoms with Crippen molar-refractivity contribution in [2.45, 2.75) is 51.0 Å². The van der Waals surface area contributed by atoms with Crippen LogP contribution in [0.5, 0.6) is 0 Å². The van der Waals surface area contributed by atoms with Crippen molar-refractivity contribution in [1.82, 2.24) is 5.32 Å². The van der Waals surface area contributed by atoms with Gasteiger partial charge in [-0.3, -0.25) is 9.59 Å². The lowest BCUT2D eigenvalue weighted by atomic mass is 9.68. The van der Waals surface area contributed by atoms with Crippen LogP contribution in [0.4, 0.5) is 0 Å². The summed E-state index contributed by atoms with van der Waals surface area (Å²) in [7, 11) is 0. The predicted molar refractivity (Wildman–Crippen MR) is 90.3 cm³/mol. The zero-order chi connectivity index (χ0) is 16.7. The number of rotatable bonds is 5. The molecular formula is C20H25NO3. The summed E-state index contributed by atoms with van der Waals surface area (Å²) in [5.41, 5.74) is 0.954. The first kappa shape index (κ1) is 15.7. The van der Waals surface area contributed by atoms with Gasteiger partial charge in [0.2, 0.25) is 5.91 Å². The van der Waals surface area contributed by atoms with Crippen LogP contribution in [0, 0.1) is 23.2 Å². The van der Waals surface area contributed by atoms with Gasteiger partial charge in [-0.05, 0) is 55.9 Å². The molecule has 0 heterocycles. The Morgan fingerprint density at radius 2 is 1.88 bits per heavy atom. The predicted octanol–water partition coefficient (Wildman–Crippen LogP) is 3.01. The van der Waals surface area contributed by atoms with Crippen LogP contribution in [0.25, 0.3) is 0 Å². The molecule has 1 amide bonds. The number of carbonyl (C=O) groups is 2. The van der Waals surface area contributed by atoms with Crippen molar-refractivity contribution in [3.8, 4) is 0 Å². The topological polar surface area (TPSA) is 66.4 Å².